The third kappa shape index (κ3) is 4.39. The molecule has 0 saturated heterocycles. The van der Waals surface area contributed by atoms with Crippen molar-refractivity contribution in [2.45, 2.75) is 13.8 Å². The van der Waals surface area contributed by atoms with Gasteiger partial charge in [-0.2, -0.15) is 0 Å². The van der Waals surface area contributed by atoms with Gasteiger partial charge in [0.25, 0.3) is 5.91 Å². The van der Waals surface area contributed by atoms with E-state index in [2.05, 4.69) is 24.1 Å². The lowest BCUT2D eigenvalue weighted by Crippen LogP contribution is -2.21. The number of nitrogens with one attached hydrogen (secondary N) is 1. The lowest BCUT2D eigenvalue weighted by molar-refractivity contribution is 0.102. The number of hydrogen-bond donors (Lipinski definition) is 1. The van der Waals surface area contributed by atoms with Gasteiger partial charge in [0.2, 0.25) is 0 Å². The van der Waals surface area contributed by atoms with Crippen LogP contribution in [0.1, 0.15) is 24.2 Å². The maximum absolute atomic E-state index is 13.2. The van der Waals surface area contributed by atoms with Gasteiger partial charge < -0.3 is 10.2 Å². The number of halogens is 1. The second-order valence-electron chi connectivity index (χ2n) is 7.23. The number of rotatable bonds is 6. The molecule has 4 nitrogen and oxygen atoms in total. The van der Waals surface area contributed by atoms with Gasteiger partial charge in [0.05, 0.1) is 16.8 Å². The lowest BCUT2D eigenvalue weighted by atomic mass is 10.0. The number of carbonyl (C=O) groups is 1. The Bertz CT molecular complexity index is 1220. The third-order valence-corrected chi connectivity index (χ3v) is 5.69. The van der Waals surface area contributed by atoms with Gasteiger partial charge in [-0.05, 0) is 56.3 Å². The predicted octanol–water partition coefficient (Wildman–Crippen LogP) is 6.65. The summed E-state index contributed by atoms with van der Waals surface area (Å²) in [6.07, 6.45) is 0. The van der Waals surface area contributed by atoms with Crippen LogP contribution in [0.5, 0.6) is 0 Å². The molecule has 0 spiro atoms. The van der Waals surface area contributed by atoms with Crippen molar-refractivity contribution in [1.82, 2.24) is 4.98 Å². The van der Waals surface area contributed by atoms with E-state index in [-0.39, 0.29) is 5.91 Å². The van der Waals surface area contributed by atoms with Crippen LogP contribution in [0.15, 0.2) is 78.9 Å². The van der Waals surface area contributed by atoms with Gasteiger partial charge >= 0.3 is 0 Å². The Morgan fingerprint density at radius 3 is 2.32 bits per heavy atom. The molecule has 1 amide bonds. The number of benzene rings is 3. The van der Waals surface area contributed by atoms with E-state index < -0.39 is 0 Å². The molecule has 0 saturated carbocycles. The first-order chi connectivity index (χ1) is 15.1. The summed E-state index contributed by atoms with van der Waals surface area (Å²) in [6, 6.07) is 24.9. The van der Waals surface area contributed by atoms with Gasteiger partial charge in [0.1, 0.15) is 0 Å². The van der Waals surface area contributed by atoms with Gasteiger partial charge in [-0.15, -0.1) is 0 Å². The molecule has 5 heteroatoms. The van der Waals surface area contributed by atoms with E-state index in [9.17, 15) is 4.79 Å². The Kier molecular flexibility index (Phi) is 6.19. The van der Waals surface area contributed by atoms with Gasteiger partial charge in [-0.25, -0.2) is 4.98 Å². The normalized spacial score (nSPS) is 10.8. The van der Waals surface area contributed by atoms with Crippen LogP contribution in [0, 0.1) is 0 Å². The number of nitrogens with zero attached hydrogens (tertiary/aromatic N) is 2. The summed E-state index contributed by atoms with van der Waals surface area (Å²) >= 11 is 6.39. The molecule has 0 aliphatic carbocycles. The van der Waals surface area contributed by atoms with Crippen LogP contribution >= 0.6 is 11.6 Å². The fourth-order valence-corrected chi connectivity index (χ4v) is 3.95. The zero-order valence-electron chi connectivity index (χ0n) is 17.6. The molecule has 4 aromatic rings. The third-order valence-electron chi connectivity index (χ3n) is 5.36. The van der Waals surface area contributed by atoms with Crippen molar-refractivity contribution in [3.8, 4) is 11.3 Å². The largest absolute Gasteiger partial charge is 0.372 e. The smallest absolute Gasteiger partial charge is 0.256 e. The topological polar surface area (TPSA) is 45.2 Å². The van der Waals surface area contributed by atoms with E-state index >= 15 is 0 Å². The van der Waals surface area contributed by atoms with E-state index in [4.69, 9.17) is 16.6 Å². The predicted molar refractivity (Wildman–Crippen MR) is 130 cm³/mol. The first-order valence-corrected chi connectivity index (χ1v) is 10.8. The summed E-state index contributed by atoms with van der Waals surface area (Å²) in [7, 11) is 0. The number of fused-ring (bicyclic) bond motifs is 1. The molecule has 0 aliphatic rings. The molecule has 1 N–H and O–H groups in total. The Labute approximate surface area is 187 Å². The zero-order chi connectivity index (χ0) is 21.8. The fourth-order valence-electron chi connectivity index (χ4n) is 3.71. The minimum absolute atomic E-state index is 0.178. The maximum atomic E-state index is 13.2. The lowest BCUT2D eigenvalue weighted by Gasteiger charge is -2.21. The molecule has 156 valence electrons. The van der Waals surface area contributed by atoms with Crippen molar-refractivity contribution < 1.29 is 4.79 Å². The van der Waals surface area contributed by atoms with Gasteiger partial charge in [-0.3, -0.25) is 4.79 Å². The average molecular weight is 430 g/mol. The monoisotopic (exact) mass is 429 g/mol. The molecule has 0 bridgehead atoms. The summed E-state index contributed by atoms with van der Waals surface area (Å²) in [4.78, 5) is 20.2. The molecular weight excluding hydrogens is 406 g/mol. The van der Waals surface area contributed by atoms with E-state index in [1.807, 2.05) is 78.9 Å². The highest BCUT2D eigenvalue weighted by Gasteiger charge is 2.15. The summed E-state index contributed by atoms with van der Waals surface area (Å²) in [5, 5.41) is 4.43. The van der Waals surface area contributed by atoms with E-state index in [0.29, 0.717) is 16.3 Å². The Morgan fingerprint density at radius 1 is 0.935 bits per heavy atom. The molecule has 0 aliphatic heterocycles. The van der Waals surface area contributed by atoms with E-state index in [1.54, 1.807) is 0 Å². The van der Waals surface area contributed by atoms with Crippen LogP contribution in [0.3, 0.4) is 0 Å². The molecule has 0 unspecified atom stereocenters. The molecular formula is C26H24ClN3O. The number of anilines is 2. The van der Waals surface area contributed by atoms with Crippen LogP contribution in [0.25, 0.3) is 22.2 Å². The second-order valence-corrected chi connectivity index (χ2v) is 7.63. The van der Waals surface area contributed by atoms with Crippen molar-refractivity contribution >= 4 is 39.8 Å². The summed E-state index contributed by atoms with van der Waals surface area (Å²) in [5.74, 6) is -0.178. The van der Waals surface area contributed by atoms with Crippen molar-refractivity contribution in [3.05, 3.63) is 89.4 Å². The Hall–Kier alpha value is -3.37. The highest BCUT2D eigenvalue weighted by molar-refractivity contribution is 6.33. The van der Waals surface area contributed by atoms with Crippen LogP contribution in [0.2, 0.25) is 5.02 Å². The van der Waals surface area contributed by atoms with Gasteiger partial charge in [-0.1, -0.05) is 48.0 Å². The number of aromatic nitrogens is 1. The number of pyridine rings is 1. The minimum Gasteiger partial charge on any atom is -0.372 e. The first-order valence-electron chi connectivity index (χ1n) is 10.4. The minimum atomic E-state index is -0.178. The highest BCUT2D eigenvalue weighted by atomic mass is 35.5. The fraction of sp³-hybridized carbons (Fsp3) is 0.154. The van der Waals surface area contributed by atoms with Gasteiger partial charge in [0.15, 0.2) is 0 Å². The van der Waals surface area contributed by atoms with Crippen molar-refractivity contribution in [1.29, 1.82) is 0 Å². The van der Waals surface area contributed by atoms with Crippen LogP contribution in [-0.2, 0) is 0 Å². The zero-order valence-corrected chi connectivity index (χ0v) is 18.4. The SMILES string of the molecule is CCN(CC)c1ccc(NC(=O)c2cc(-c3ccccc3Cl)nc3ccccc23)cc1. The van der Waals surface area contributed by atoms with Crippen LogP contribution < -0.4 is 10.2 Å². The van der Waals surface area contributed by atoms with Gasteiger partial charge in [0, 0.05) is 40.4 Å². The first kappa shape index (κ1) is 20.9. The molecule has 3 aromatic carbocycles. The summed E-state index contributed by atoms with van der Waals surface area (Å²) < 4.78 is 0. The Balaban J connectivity index is 1.70. The molecule has 0 radical (unpaired) electrons. The molecule has 1 aromatic heterocycles. The summed E-state index contributed by atoms with van der Waals surface area (Å²) in [5.41, 5.74) is 4.67. The quantitative estimate of drug-likeness (QED) is 0.373. The van der Waals surface area contributed by atoms with Crippen molar-refractivity contribution in [2.75, 3.05) is 23.3 Å². The number of para-hydroxylation sites is 1. The number of amides is 1. The van der Waals surface area contributed by atoms with E-state index in [0.717, 1.165) is 40.9 Å². The number of hydrogen-bond acceptors (Lipinski definition) is 3. The molecule has 0 fully saturated rings. The average Bonchev–Trinajstić information content (AvgIpc) is 2.80. The standard InChI is InChI=1S/C26H24ClN3O/c1-3-30(4-2)19-15-13-18(14-16-19)28-26(31)22-17-25(21-10-5-7-11-23(21)27)29-24-12-8-6-9-20(22)24/h5-17H,3-4H2,1-2H3,(H,28,31). The second kappa shape index (κ2) is 9.19. The maximum Gasteiger partial charge on any atom is 0.256 e. The van der Waals surface area contributed by atoms with Crippen molar-refractivity contribution in [3.63, 3.8) is 0 Å². The van der Waals surface area contributed by atoms with E-state index in [1.165, 1.54) is 0 Å². The van der Waals surface area contributed by atoms with Crippen LogP contribution in [0.4, 0.5) is 11.4 Å². The molecule has 1 heterocycles. The highest BCUT2D eigenvalue weighted by Crippen LogP contribution is 2.30. The van der Waals surface area contributed by atoms with Crippen molar-refractivity contribution in [2.24, 2.45) is 0 Å². The molecule has 0 atom stereocenters. The number of carbonyl (C=O) groups excluding carboxylic acids is 1. The Morgan fingerprint density at radius 2 is 1.61 bits per heavy atom. The molecule has 4 rings (SSSR count). The molecule has 31 heavy (non-hydrogen) atoms. The van der Waals surface area contributed by atoms with Crippen LogP contribution in [-0.4, -0.2) is 24.0 Å². The summed E-state index contributed by atoms with van der Waals surface area (Å²) in [6.45, 7) is 6.14.